The molecule has 3 heteroatoms. The van der Waals surface area contributed by atoms with Crippen molar-refractivity contribution in [3.8, 4) is 11.5 Å². The Hall–Kier alpha value is -0.180. The first-order valence-corrected chi connectivity index (χ1v) is 2.96. The molecule has 0 heterocycles. The van der Waals surface area contributed by atoms with Crippen LogP contribution in [0.1, 0.15) is 0 Å². The summed E-state index contributed by atoms with van der Waals surface area (Å²) in [4.78, 5) is 0. The van der Waals surface area contributed by atoms with Crippen molar-refractivity contribution in [1.29, 1.82) is 0 Å². The van der Waals surface area contributed by atoms with Gasteiger partial charge in [0.2, 0.25) is 0 Å². The first-order chi connectivity index (χ1) is 4.86. The van der Waals surface area contributed by atoms with E-state index in [1.165, 1.54) is 0 Å². The molecule has 0 atom stereocenters. The van der Waals surface area contributed by atoms with Gasteiger partial charge in [0.05, 0.1) is 14.2 Å². The monoisotopic (exact) mass is 161 g/mol. The van der Waals surface area contributed by atoms with Gasteiger partial charge >= 0.3 is 29.6 Å². The second kappa shape index (κ2) is 5.47. The first kappa shape index (κ1) is 10.8. The number of hydrogen-bond acceptors (Lipinski definition) is 2. The SMILES string of the molecule is COc1[c]ccc(OC)c1.[NaH]. The molecule has 1 aromatic rings. The van der Waals surface area contributed by atoms with Crippen molar-refractivity contribution in [2.75, 3.05) is 14.2 Å². The molecule has 0 aliphatic heterocycles. The Morgan fingerprint density at radius 3 is 2.55 bits per heavy atom. The molecule has 55 valence electrons. The summed E-state index contributed by atoms with van der Waals surface area (Å²) in [5.41, 5.74) is 0. The first-order valence-electron chi connectivity index (χ1n) is 2.96. The molecule has 11 heavy (non-hydrogen) atoms. The standard InChI is InChI=1S/C8H9O2.Na.H/c1-9-7-4-3-5-8(6-7)10-2;;/h3-4,6H,1-2H3;;. The number of methoxy groups -OCH3 is 2. The van der Waals surface area contributed by atoms with Gasteiger partial charge in [0, 0.05) is 12.1 Å². The van der Waals surface area contributed by atoms with Crippen molar-refractivity contribution in [2.45, 2.75) is 0 Å². The predicted molar refractivity (Wildman–Crippen MR) is 45.5 cm³/mol. The maximum atomic E-state index is 4.96. The van der Waals surface area contributed by atoms with E-state index in [9.17, 15) is 0 Å². The van der Waals surface area contributed by atoms with E-state index in [0.717, 1.165) is 5.75 Å². The Bertz CT molecular complexity index is 194. The van der Waals surface area contributed by atoms with Crippen LogP contribution in [-0.4, -0.2) is 43.8 Å². The third-order valence-corrected chi connectivity index (χ3v) is 1.20. The van der Waals surface area contributed by atoms with Crippen molar-refractivity contribution >= 4 is 29.6 Å². The van der Waals surface area contributed by atoms with Gasteiger partial charge < -0.3 is 9.47 Å². The van der Waals surface area contributed by atoms with Gasteiger partial charge in [-0.2, -0.15) is 0 Å². The number of hydrogen-bond donors (Lipinski definition) is 0. The zero-order chi connectivity index (χ0) is 7.40. The molecule has 1 radical (unpaired) electrons. The van der Waals surface area contributed by atoms with Gasteiger partial charge in [0.1, 0.15) is 11.5 Å². The molecule has 0 spiro atoms. The summed E-state index contributed by atoms with van der Waals surface area (Å²) in [5.74, 6) is 1.48. The van der Waals surface area contributed by atoms with E-state index < -0.39 is 0 Å². The summed E-state index contributed by atoms with van der Waals surface area (Å²) in [5, 5.41) is 0. The quantitative estimate of drug-likeness (QED) is 0.599. The molecule has 0 unspecified atom stereocenters. The van der Waals surface area contributed by atoms with Crippen LogP contribution in [0, 0.1) is 6.07 Å². The molecule has 2 nitrogen and oxygen atoms in total. The van der Waals surface area contributed by atoms with Crippen LogP contribution >= 0.6 is 0 Å². The van der Waals surface area contributed by atoms with Crippen molar-refractivity contribution in [1.82, 2.24) is 0 Å². The normalized spacial score (nSPS) is 8.18. The van der Waals surface area contributed by atoms with Gasteiger partial charge in [0.15, 0.2) is 0 Å². The molecule has 0 aliphatic rings. The van der Waals surface area contributed by atoms with Crippen LogP contribution in [0.3, 0.4) is 0 Å². The summed E-state index contributed by atoms with van der Waals surface area (Å²) in [7, 11) is 3.22. The molecule has 0 saturated carbocycles. The fourth-order valence-corrected chi connectivity index (χ4v) is 0.670. The van der Waals surface area contributed by atoms with Crippen LogP contribution in [-0.2, 0) is 0 Å². The number of ether oxygens (including phenoxy) is 2. The van der Waals surface area contributed by atoms with E-state index >= 15 is 0 Å². The molecule has 1 aromatic carbocycles. The second-order valence-corrected chi connectivity index (χ2v) is 1.80. The summed E-state index contributed by atoms with van der Waals surface area (Å²) >= 11 is 0. The Morgan fingerprint density at radius 2 is 2.00 bits per heavy atom. The van der Waals surface area contributed by atoms with E-state index in [1.807, 2.05) is 6.07 Å². The number of rotatable bonds is 2. The Labute approximate surface area is 88.8 Å². The minimum absolute atomic E-state index is 0. The fourth-order valence-electron chi connectivity index (χ4n) is 0.670. The Morgan fingerprint density at radius 1 is 1.27 bits per heavy atom. The topological polar surface area (TPSA) is 18.5 Å². The molecule has 0 saturated heterocycles. The molecule has 0 bridgehead atoms. The third kappa shape index (κ3) is 3.14. The zero-order valence-corrected chi connectivity index (χ0v) is 6.05. The van der Waals surface area contributed by atoms with Gasteiger partial charge in [-0.25, -0.2) is 0 Å². The molecular weight excluding hydrogens is 151 g/mol. The van der Waals surface area contributed by atoms with Crippen LogP contribution in [0.25, 0.3) is 0 Å². The van der Waals surface area contributed by atoms with Crippen LogP contribution in [0.5, 0.6) is 11.5 Å². The molecule has 0 N–H and O–H groups in total. The van der Waals surface area contributed by atoms with Gasteiger partial charge in [-0.05, 0) is 12.1 Å². The van der Waals surface area contributed by atoms with Crippen LogP contribution in [0.2, 0.25) is 0 Å². The number of benzene rings is 1. The molecule has 1 rings (SSSR count). The van der Waals surface area contributed by atoms with Crippen molar-refractivity contribution in [3.05, 3.63) is 24.3 Å². The van der Waals surface area contributed by atoms with Crippen molar-refractivity contribution < 1.29 is 9.47 Å². The average Bonchev–Trinajstić information content (AvgIpc) is 2.05. The molecule has 0 fully saturated rings. The molecule has 0 aromatic heterocycles. The molecular formula is C8H10NaO2. The van der Waals surface area contributed by atoms with Crippen LogP contribution in [0.4, 0.5) is 0 Å². The fraction of sp³-hybridized carbons (Fsp3) is 0.250. The van der Waals surface area contributed by atoms with E-state index in [2.05, 4.69) is 6.07 Å². The van der Waals surface area contributed by atoms with Gasteiger partial charge in [-0.3, -0.25) is 0 Å². The van der Waals surface area contributed by atoms with Crippen molar-refractivity contribution in [2.24, 2.45) is 0 Å². The Kier molecular flexibility index (Phi) is 5.38. The third-order valence-electron chi connectivity index (χ3n) is 1.20. The zero-order valence-electron chi connectivity index (χ0n) is 6.05. The van der Waals surface area contributed by atoms with Gasteiger partial charge in [0.25, 0.3) is 0 Å². The summed E-state index contributed by atoms with van der Waals surface area (Å²) < 4.78 is 9.88. The van der Waals surface area contributed by atoms with E-state index in [1.54, 1.807) is 26.4 Å². The summed E-state index contributed by atoms with van der Waals surface area (Å²) in [6.45, 7) is 0. The Balaban J connectivity index is 0.000001000. The van der Waals surface area contributed by atoms with Crippen LogP contribution in [0.15, 0.2) is 18.2 Å². The second-order valence-electron chi connectivity index (χ2n) is 1.80. The van der Waals surface area contributed by atoms with Gasteiger partial charge in [-0.1, -0.05) is 0 Å². The average molecular weight is 161 g/mol. The van der Waals surface area contributed by atoms with E-state index in [-0.39, 0.29) is 29.6 Å². The molecule has 0 aliphatic carbocycles. The molecule has 0 amide bonds. The van der Waals surface area contributed by atoms with Crippen molar-refractivity contribution in [3.63, 3.8) is 0 Å². The summed E-state index contributed by atoms with van der Waals surface area (Å²) in [6.07, 6.45) is 0. The van der Waals surface area contributed by atoms with Gasteiger partial charge in [-0.15, -0.1) is 0 Å². The van der Waals surface area contributed by atoms with Crippen LogP contribution < -0.4 is 9.47 Å². The minimum atomic E-state index is 0. The maximum absolute atomic E-state index is 4.96. The van der Waals surface area contributed by atoms with E-state index in [4.69, 9.17) is 9.47 Å². The summed E-state index contributed by atoms with van der Waals surface area (Å²) in [6, 6.07) is 8.25. The predicted octanol–water partition coefficient (Wildman–Crippen LogP) is 0.855. The van der Waals surface area contributed by atoms with E-state index in [0.29, 0.717) is 5.75 Å².